The van der Waals surface area contributed by atoms with Gasteiger partial charge in [0, 0.05) is 18.1 Å². The van der Waals surface area contributed by atoms with Crippen molar-refractivity contribution in [2.24, 2.45) is 24.0 Å². The van der Waals surface area contributed by atoms with E-state index >= 15 is 0 Å². The minimum atomic E-state index is -0.390. The maximum Gasteiger partial charge on any atom is 0.292 e. The van der Waals surface area contributed by atoms with Crippen LogP contribution in [0.4, 0.5) is 0 Å². The van der Waals surface area contributed by atoms with Gasteiger partial charge in [-0.15, -0.1) is 0 Å². The number of fused-ring (bicyclic) bond motifs is 1. The predicted octanol–water partition coefficient (Wildman–Crippen LogP) is 2.48. The highest BCUT2D eigenvalue weighted by Gasteiger charge is 2.23. The van der Waals surface area contributed by atoms with Crippen molar-refractivity contribution in [3.63, 3.8) is 0 Å². The Labute approximate surface area is 140 Å². The van der Waals surface area contributed by atoms with Crippen LogP contribution in [-0.4, -0.2) is 21.4 Å². The van der Waals surface area contributed by atoms with Gasteiger partial charge in [-0.1, -0.05) is 38.5 Å². The van der Waals surface area contributed by atoms with E-state index in [-0.39, 0.29) is 17.2 Å². The van der Waals surface area contributed by atoms with Crippen LogP contribution in [0.2, 0.25) is 0 Å². The Kier molecular flexibility index (Phi) is 4.46. The molecule has 126 valence electrons. The number of nitrogens with one attached hydrogen (secondary N) is 1. The van der Waals surface area contributed by atoms with Crippen molar-refractivity contribution in [3.8, 4) is 0 Å². The summed E-state index contributed by atoms with van der Waals surface area (Å²) in [6, 6.07) is 7.00. The number of amides is 1. The topological polar surface area (TPSA) is 76.3 Å². The third-order valence-electron chi connectivity index (χ3n) is 4.74. The van der Waals surface area contributed by atoms with Crippen molar-refractivity contribution in [1.29, 1.82) is 0 Å². The van der Waals surface area contributed by atoms with Gasteiger partial charge < -0.3 is 0 Å². The molecule has 0 radical (unpaired) electrons. The smallest absolute Gasteiger partial charge is 0.267 e. The molecule has 0 bridgehead atoms. The average Bonchev–Trinajstić information content (AvgIpc) is 2.57. The van der Waals surface area contributed by atoms with Gasteiger partial charge in [0.1, 0.15) is 0 Å². The fourth-order valence-corrected chi connectivity index (χ4v) is 3.37. The molecule has 3 rings (SSSR count). The third-order valence-corrected chi connectivity index (χ3v) is 4.74. The number of nitrogens with zero attached hydrogens (tertiary/aromatic N) is 3. The molecule has 0 aliphatic heterocycles. The maximum atomic E-state index is 12.6. The SMILES string of the molecule is C[C@@H]1CCC[C@@H](C)C1=NNC(=O)c1nn(C)c(=O)c2ccccc12. The number of carbonyl (C=O) groups excluding carboxylic acids is 1. The van der Waals surface area contributed by atoms with Crippen molar-refractivity contribution >= 4 is 22.4 Å². The molecular formula is C18H22N4O2. The second-order valence-corrected chi connectivity index (χ2v) is 6.53. The molecule has 6 heteroatoms. The van der Waals surface area contributed by atoms with E-state index in [0.29, 0.717) is 22.6 Å². The number of hydrogen-bond acceptors (Lipinski definition) is 4. The number of benzene rings is 1. The number of hydrazone groups is 1. The van der Waals surface area contributed by atoms with Gasteiger partial charge in [0.15, 0.2) is 5.69 Å². The normalized spacial score (nSPS) is 20.9. The van der Waals surface area contributed by atoms with Gasteiger partial charge in [-0.05, 0) is 30.7 Å². The summed E-state index contributed by atoms with van der Waals surface area (Å²) in [7, 11) is 1.54. The van der Waals surface area contributed by atoms with Gasteiger partial charge in [-0.3, -0.25) is 9.59 Å². The largest absolute Gasteiger partial charge is 0.292 e. The van der Waals surface area contributed by atoms with E-state index in [1.165, 1.54) is 11.1 Å². The molecule has 0 spiro atoms. The summed E-state index contributed by atoms with van der Waals surface area (Å²) in [6.45, 7) is 4.28. The lowest BCUT2D eigenvalue weighted by Crippen LogP contribution is -2.31. The summed E-state index contributed by atoms with van der Waals surface area (Å²) < 4.78 is 1.19. The summed E-state index contributed by atoms with van der Waals surface area (Å²) in [5, 5.41) is 9.52. The van der Waals surface area contributed by atoms with E-state index < -0.39 is 0 Å². The van der Waals surface area contributed by atoms with Crippen LogP contribution in [0.15, 0.2) is 34.2 Å². The lowest BCUT2D eigenvalue weighted by molar-refractivity contribution is 0.0949. The second kappa shape index (κ2) is 6.55. The van der Waals surface area contributed by atoms with Crippen LogP contribution in [0.5, 0.6) is 0 Å². The molecule has 1 N–H and O–H groups in total. The molecule has 1 aliphatic rings. The van der Waals surface area contributed by atoms with Crippen LogP contribution in [0.1, 0.15) is 43.6 Å². The van der Waals surface area contributed by atoms with E-state index in [2.05, 4.69) is 29.5 Å². The molecule has 1 aromatic heterocycles. The van der Waals surface area contributed by atoms with Crippen LogP contribution in [-0.2, 0) is 7.05 Å². The first-order chi connectivity index (χ1) is 11.5. The van der Waals surface area contributed by atoms with Gasteiger partial charge in [0.25, 0.3) is 11.5 Å². The van der Waals surface area contributed by atoms with E-state index in [9.17, 15) is 9.59 Å². The zero-order chi connectivity index (χ0) is 17.3. The Balaban J connectivity index is 1.95. The van der Waals surface area contributed by atoms with Gasteiger partial charge in [0.05, 0.1) is 5.39 Å². The molecule has 2 aromatic rings. The molecule has 2 atom stereocenters. The molecule has 1 saturated carbocycles. The Morgan fingerprint density at radius 2 is 1.83 bits per heavy atom. The molecule has 1 fully saturated rings. The molecule has 0 saturated heterocycles. The van der Waals surface area contributed by atoms with Gasteiger partial charge in [0.2, 0.25) is 0 Å². The number of carbonyl (C=O) groups is 1. The Hall–Kier alpha value is -2.50. The van der Waals surface area contributed by atoms with Crippen molar-refractivity contribution in [2.45, 2.75) is 33.1 Å². The number of aryl methyl sites for hydroxylation is 1. The third kappa shape index (κ3) is 2.96. The van der Waals surface area contributed by atoms with Crippen LogP contribution < -0.4 is 11.0 Å². The standard InChI is InChI=1S/C18H22N4O2/c1-11-7-6-8-12(2)15(11)19-20-17(23)16-13-9-4-5-10-14(13)18(24)22(3)21-16/h4-5,9-12H,6-8H2,1-3H3,(H,20,23)/t11-,12-/m1/s1. The molecule has 1 amide bonds. The zero-order valence-corrected chi connectivity index (χ0v) is 14.2. The monoisotopic (exact) mass is 326 g/mol. The van der Waals surface area contributed by atoms with Crippen molar-refractivity contribution in [2.75, 3.05) is 0 Å². The zero-order valence-electron chi connectivity index (χ0n) is 14.2. The molecule has 6 nitrogen and oxygen atoms in total. The Morgan fingerprint density at radius 3 is 2.50 bits per heavy atom. The fourth-order valence-electron chi connectivity index (χ4n) is 3.37. The lowest BCUT2D eigenvalue weighted by Gasteiger charge is -2.26. The summed E-state index contributed by atoms with van der Waals surface area (Å²) in [4.78, 5) is 24.7. The van der Waals surface area contributed by atoms with Crippen molar-refractivity contribution < 1.29 is 4.79 Å². The summed E-state index contributed by atoms with van der Waals surface area (Å²) >= 11 is 0. The van der Waals surface area contributed by atoms with Crippen LogP contribution in [0, 0.1) is 11.8 Å². The Morgan fingerprint density at radius 1 is 1.21 bits per heavy atom. The van der Waals surface area contributed by atoms with E-state index in [1.54, 1.807) is 31.3 Å². The summed E-state index contributed by atoms with van der Waals surface area (Å²) in [5.41, 5.74) is 3.67. The Bertz CT molecular complexity index is 857. The number of aromatic nitrogens is 2. The van der Waals surface area contributed by atoms with Gasteiger partial charge >= 0.3 is 0 Å². The highest BCUT2D eigenvalue weighted by Crippen LogP contribution is 2.25. The molecule has 1 heterocycles. The molecule has 1 aromatic carbocycles. The molecular weight excluding hydrogens is 304 g/mol. The van der Waals surface area contributed by atoms with E-state index in [1.807, 2.05) is 0 Å². The number of rotatable bonds is 2. The second-order valence-electron chi connectivity index (χ2n) is 6.53. The van der Waals surface area contributed by atoms with Crippen molar-refractivity contribution in [1.82, 2.24) is 15.2 Å². The van der Waals surface area contributed by atoms with Crippen molar-refractivity contribution in [3.05, 3.63) is 40.3 Å². The minimum Gasteiger partial charge on any atom is -0.267 e. The molecule has 0 unspecified atom stereocenters. The summed E-state index contributed by atoms with van der Waals surface area (Å²) in [5.74, 6) is 0.358. The molecule has 1 aliphatic carbocycles. The van der Waals surface area contributed by atoms with Gasteiger partial charge in [-0.2, -0.15) is 10.2 Å². The van der Waals surface area contributed by atoms with E-state index in [0.717, 1.165) is 18.6 Å². The highest BCUT2D eigenvalue weighted by atomic mass is 16.2. The van der Waals surface area contributed by atoms with E-state index in [4.69, 9.17) is 0 Å². The first kappa shape index (κ1) is 16.4. The fraction of sp³-hybridized carbons (Fsp3) is 0.444. The maximum absolute atomic E-state index is 12.6. The minimum absolute atomic E-state index is 0.216. The first-order valence-corrected chi connectivity index (χ1v) is 8.33. The first-order valence-electron chi connectivity index (χ1n) is 8.33. The summed E-state index contributed by atoms with van der Waals surface area (Å²) in [6.07, 6.45) is 3.39. The van der Waals surface area contributed by atoms with Crippen LogP contribution in [0.25, 0.3) is 10.8 Å². The van der Waals surface area contributed by atoms with Crippen LogP contribution in [0.3, 0.4) is 0 Å². The predicted molar refractivity (Wildman–Crippen MR) is 94.1 cm³/mol. The lowest BCUT2D eigenvalue weighted by atomic mass is 9.81. The quantitative estimate of drug-likeness (QED) is 0.861. The highest BCUT2D eigenvalue weighted by molar-refractivity contribution is 6.05. The molecule has 24 heavy (non-hydrogen) atoms. The van der Waals surface area contributed by atoms with Gasteiger partial charge in [-0.25, -0.2) is 10.1 Å². The average molecular weight is 326 g/mol. The number of hydrogen-bond donors (Lipinski definition) is 1. The van der Waals surface area contributed by atoms with Crippen LogP contribution >= 0.6 is 0 Å².